The summed E-state index contributed by atoms with van der Waals surface area (Å²) in [6.07, 6.45) is 1.76. The fraction of sp³-hybridized carbons (Fsp3) is 0.692. The van der Waals surface area contributed by atoms with Crippen LogP contribution in [0.25, 0.3) is 0 Å². The topological polar surface area (TPSA) is 58.0 Å². The van der Waals surface area contributed by atoms with Crippen molar-refractivity contribution < 1.29 is 5.11 Å². The Morgan fingerprint density at radius 1 is 1.22 bits per heavy atom. The van der Waals surface area contributed by atoms with Crippen LogP contribution in [0.3, 0.4) is 0 Å². The fourth-order valence-corrected chi connectivity index (χ4v) is 1.89. The summed E-state index contributed by atoms with van der Waals surface area (Å²) in [5, 5.41) is 12.5. The van der Waals surface area contributed by atoms with E-state index in [0.717, 1.165) is 30.8 Å². The summed E-state index contributed by atoms with van der Waals surface area (Å²) in [6.45, 7) is 9.09. The number of aryl methyl sites for hydroxylation is 2. The highest BCUT2D eigenvalue weighted by atomic mass is 35.5. The van der Waals surface area contributed by atoms with Crippen LogP contribution in [-0.2, 0) is 0 Å². The van der Waals surface area contributed by atoms with Crippen molar-refractivity contribution in [1.29, 1.82) is 0 Å². The SMILES string of the molecule is Cc1nc(Cl)c(NCC(C)(C)CCCO)nc1C. The molecule has 0 aliphatic carbocycles. The molecule has 0 saturated heterocycles. The molecule has 0 fully saturated rings. The highest BCUT2D eigenvalue weighted by molar-refractivity contribution is 6.31. The Bertz CT molecular complexity index is 407. The first-order chi connectivity index (χ1) is 8.35. The van der Waals surface area contributed by atoms with Crippen LogP contribution in [-0.4, -0.2) is 28.2 Å². The van der Waals surface area contributed by atoms with Gasteiger partial charge >= 0.3 is 0 Å². The second-order valence-electron chi connectivity index (χ2n) is 5.38. The van der Waals surface area contributed by atoms with Gasteiger partial charge in [0, 0.05) is 13.2 Å². The highest BCUT2D eigenvalue weighted by Crippen LogP contribution is 2.25. The maximum absolute atomic E-state index is 8.86. The van der Waals surface area contributed by atoms with E-state index < -0.39 is 0 Å². The summed E-state index contributed by atoms with van der Waals surface area (Å²) in [4.78, 5) is 8.64. The average Bonchev–Trinajstić information content (AvgIpc) is 2.30. The Morgan fingerprint density at radius 3 is 2.44 bits per heavy atom. The number of hydrogen-bond donors (Lipinski definition) is 2. The first-order valence-electron chi connectivity index (χ1n) is 6.21. The third-order valence-electron chi connectivity index (χ3n) is 3.01. The Kier molecular flexibility index (Phi) is 5.35. The summed E-state index contributed by atoms with van der Waals surface area (Å²) in [5.74, 6) is 0.636. The van der Waals surface area contributed by atoms with Gasteiger partial charge in [-0.05, 0) is 32.1 Å². The molecular weight excluding hydrogens is 250 g/mol. The van der Waals surface area contributed by atoms with Gasteiger partial charge in [0.05, 0.1) is 11.4 Å². The van der Waals surface area contributed by atoms with Gasteiger partial charge in [0.2, 0.25) is 0 Å². The minimum absolute atomic E-state index is 0.0898. The summed E-state index contributed by atoms with van der Waals surface area (Å²) in [5.41, 5.74) is 1.83. The summed E-state index contributed by atoms with van der Waals surface area (Å²) < 4.78 is 0. The smallest absolute Gasteiger partial charge is 0.171 e. The van der Waals surface area contributed by atoms with E-state index in [9.17, 15) is 0 Å². The number of anilines is 1. The Hall–Kier alpha value is -0.870. The molecule has 102 valence electrons. The second kappa shape index (κ2) is 6.34. The first kappa shape index (κ1) is 15.2. The number of aromatic nitrogens is 2. The van der Waals surface area contributed by atoms with Crippen LogP contribution in [0.1, 0.15) is 38.1 Å². The molecule has 0 saturated carbocycles. The Labute approximate surface area is 114 Å². The predicted molar refractivity (Wildman–Crippen MR) is 75.1 cm³/mol. The molecule has 18 heavy (non-hydrogen) atoms. The lowest BCUT2D eigenvalue weighted by molar-refractivity contribution is 0.248. The van der Waals surface area contributed by atoms with Crippen molar-refractivity contribution in [2.75, 3.05) is 18.5 Å². The number of nitrogens with zero attached hydrogens (tertiary/aromatic N) is 2. The van der Waals surface area contributed by atoms with Gasteiger partial charge < -0.3 is 10.4 Å². The molecular formula is C13H22ClN3O. The standard InChI is InChI=1S/C13H22ClN3O/c1-9-10(2)17-12(11(14)16-9)15-8-13(3,4)6-5-7-18/h18H,5-8H2,1-4H3,(H,15,17). The maximum Gasteiger partial charge on any atom is 0.171 e. The van der Waals surface area contributed by atoms with Crippen molar-refractivity contribution in [1.82, 2.24) is 9.97 Å². The van der Waals surface area contributed by atoms with Crippen molar-refractivity contribution in [3.05, 3.63) is 16.5 Å². The van der Waals surface area contributed by atoms with Gasteiger partial charge in [0.15, 0.2) is 11.0 Å². The molecule has 0 radical (unpaired) electrons. The van der Waals surface area contributed by atoms with E-state index in [0.29, 0.717) is 11.0 Å². The van der Waals surface area contributed by atoms with Crippen LogP contribution in [0, 0.1) is 19.3 Å². The highest BCUT2D eigenvalue weighted by Gasteiger charge is 2.18. The minimum atomic E-state index is 0.0898. The molecule has 1 aromatic heterocycles. The molecule has 0 unspecified atom stereocenters. The second-order valence-corrected chi connectivity index (χ2v) is 5.74. The van der Waals surface area contributed by atoms with Gasteiger partial charge in [-0.2, -0.15) is 0 Å². The molecule has 5 heteroatoms. The van der Waals surface area contributed by atoms with E-state index in [1.165, 1.54) is 0 Å². The van der Waals surface area contributed by atoms with E-state index >= 15 is 0 Å². The van der Waals surface area contributed by atoms with Gasteiger partial charge in [-0.1, -0.05) is 25.4 Å². The molecule has 2 N–H and O–H groups in total. The summed E-state index contributed by atoms with van der Waals surface area (Å²) >= 11 is 6.06. The number of halogens is 1. The number of nitrogens with one attached hydrogen (secondary N) is 1. The molecule has 0 amide bonds. The molecule has 1 rings (SSSR count). The van der Waals surface area contributed by atoms with Crippen LogP contribution < -0.4 is 5.32 Å². The van der Waals surface area contributed by atoms with Crippen LogP contribution >= 0.6 is 11.6 Å². The molecule has 0 aliphatic heterocycles. The summed E-state index contributed by atoms with van der Waals surface area (Å²) in [6, 6.07) is 0. The van der Waals surface area contributed by atoms with E-state index in [-0.39, 0.29) is 12.0 Å². The van der Waals surface area contributed by atoms with Crippen LogP contribution in [0.4, 0.5) is 5.82 Å². The maximum atomic E-state index is 8.86. The molecule has 0 aromatic carbocycles. The van der Waals surface area contributed by atoms with E-state index in [1.807, 2.05) is 13.8 Å². The minimum Gasteiger partial charge on any atom is -0.396 e. The Balaban J connectivity index is 2.66. The zero-order valence-electron chi connectivity index (χ0n) is 11.5. The van der Waals surface area contributed by atoms with Crippen molar-refractivity contribution in [2.45, 2.75) is 40.5 Å². The molecule has 0 bridgehead atoms. The van der Waals surface area contributed by atoms with Gasteiger partial charge in [-0.15, -0.1) is 0 Å². The zero-order chi connectivity index (χ0) is 13.8. The molecule has 0 spiro atoms. The number of aliphatic hydroxyl groups excluding tert-OH is 1. The zero-order valence-corrected chi connectivity index (χ0v) is 12.3. The molecule has 4 nitrogen and oxygen atoms in total. The van der Waals surface area contributed by atoms with Crippen LogP contribution in [0.5, 0.6) is 0 Å². The van der Waals surface area contributed by atoms with Crippen molar-refractivity contribution >= 4 is 17.4 Å². The van der Waals surface area contributed by atoms with Gasteiger partial charge in [-0.25, -0.2) is 9.97 Å². The number of aliphatic hydroxyl groups is 1. The molecule has 1 aromatic rings. The largest absolute Gasteiger partial charge is 0.396 e. The van der Waals surface area contributed by atoms with Gasteiger partial charge in [-0.3, -0.25) is 0 Å². The lowest BCUT2D eigenvalue weighted by atomic mass is 9.88. The normalized spacial score (nSPS) is 11.7. The third kappa shape index (κ3) is 4.42. The van der Waals surface area contributed by atoms with Crippen molar-refractivity contribution in [2.24, 2.45) is 5.41 Å². The third-order valence-corrected chi connectivity index (χ3v) is 3.27. The van der Waals surface area contributed by atoms with E-state index in [2.05, 4.69) is 29.1 Å². The monoisotopic (exact) mass is 271 g/mol. The molecule has 1 heterocycles. The van der Waals surface area contributed by atoms with E-state index in [4.69, 9.17) is 16.7 Å². The number of rotatable bonds is 6. The first-order valence-corrected chi connectivity index (χ1v) is 6.59. The van der Waals surface area contributed by atoms with Crippen LogP contribution in [0.15, 0.2) is 0 Å². The molecule has 0 aliphatic rings. The van der Waals surface area contributed by atoms with Crippen molar-refractivity contribution in [3.63, 3.8) is 0 Å². The van der Waals surface area contributed by atoms with Gasteiger partial charge in [0.1, 0.15) is 0 Å². The number of hydrogen-bond acceptors (Lipinski definition) is 4. The fourth-order valence-electron chi connectivity index (χ4n) is 1.66. The quantitative estimate of drug-likeness (QED) is 0.835. The summed E-state index contributed by atoms with van der Waals surface area (Å²) in [7, 11) is 0. The predicted octanol–water partition coefficient (Wildman–Crippen LogP) is 2.96. The van der Waals surface area contributed by atoms with Gasteiger partial charge in [0.25, 0.3) is 0 Å². The van der Waals surface area contributed by atoms with Crippen LogP contribution in [0.2, 0.25) is 5.15 Å². The van der Waals surface area contributed by atoms with Crippen molar-refractivity contribution in [3.8, 4) is 0 Å². The lowest BCUT2D eigenvalue weighted by Crippen LogP contribution is -2.24. The molecule has 0 atom stereocenters. The lowest BCUT2D eigenvalue weighted by Gasteiger charge is -2.25. The average molecular weight is 272 g/mol. The Morgan fingerprint density at radius 2 is 1.83 bits per heavy atom. The van der Waals surface area contributed by atoms with E-state index in [1.54, 1.807) is 0 Å².